The van der Waals surface area contributed by atoms with Crippen molar-refractivity contribution in [2.24, 2.45) is 4.99 Å². The van der Waals surface area contributed by atoms with Gasteiger partial charge >= 0.3 is 0 Å². The highest BCUT2D eigenvalue weighted by Crippen LogP contribution is 1.88. The second kappa shape index (κ2) is 15.6. The van der Waals surface area contributed by atoms with E-state index in [-0.39, 0.29) is 36.4 Å². The smallest absolute Gasteiger partial charge is 0.243 e. The summed E-state index contributed by atoms with van der Waals surface area (Å²) in [5, 5.41) is 6.41. The SMILES string of the molecule is C=C(C)CNC(=NCC(=O)N(C)C)NCCN(C)CCCOC.I. The molecule has 0 saturated carbocycles. The third kappa shape index (κ3) is 14.7. The first kappa shape index (κ1) is 25.4. The van der Waals surface area contributed by atoms with Gasteiger partial charge in [-0.15, -0.1) is 24.0 Å². The number of nitrogens with one attached hydrogen (secondary N) is 2. The number of hydrogen-bond acceptors (Lipinski definition) is 4. The van der Waals surface area contributed by atoms with E-state index in [9.17, 15) is 4.79 Å². The maximum absolute atomic E-state index is 11.6. The number of likely N-dealkylation sites (N-methyl/N-ethyl adjacent to an activating group) is 2. The predicted molar refractivity (Wildman–Crippen MR) is 111 cm³/mol. The zero-order valence-electron chi connectivity index (χ0n) is 15.7. The summed E-state index contributed by atoms with van der Waals surface area (Å²) in [5.74, 6) is 0.603. The van der Waals surface area contributed by atoms with Crippen LogP contribution in [0.2, 0.25) is 0 Å². The molecule has 0 heterocycles. The van der Waals surface area contributed by atoms with E-state index >= 15 is 0 Å². The molecule has 0 aromatic heterocycles. The normalized spacial score (nSPS) is 11.0. The monoisotopic (exact) mass is 455 g/mol. The van der Waals surface area contributed by atoms with Crippen LogP contribution in [0.15, 0.2) is 17.1 Å². The lowest BCUT2D eigenvalue weighted by molar-refractivity contribution is -0.127. The van der Waals surface area contributed by atoms with E-state index in [0.29, 0.717) is 12.5 Å². The van der Waals surface area contributed by atoms with Crippen LogP contribution in [0.4, 0.5) is 0 Å². The van der Waals surface area contributed by atoms with Crippen LogP contribution < -0.4 is 10.6 Å². The minimum Gasteiger partial charge on any atom is -0.385 e. The molecule has 0 aromatic rings. The molecule has 0 aliphatic carbocycles. The summed E-state index contributed by atoms with van der Waals surface area (Å²) in [5.41, 5.74) is 1.01. The zero-order valence-corrected chi connectivity index (χ0v) is 18.1. The van der Waals surface area contributed by atoms with Crippen molar-refractivity contribution in [3.05, 3.63) is 12.2 Å². The van der Waals surface area contributed by atoms with Gasteiger partial charge in [0, 0.05) is 54.0 Å². The number of amides is 1. The lowest BCUT2D eigenvalue weighted by Gasteiger charge is -2.18. The number of carbonyl (C=O) groups is 1. The average molecular weight is 455 g/mol. The average Bonchev–Trinajstić information content (AvgIpc) is 2.49. The van der Waals surface area contributed by atoms with Gasteiger partial charge in [-0.2, -0.15) is 0 Å². The van der Waals surface area contributed by atoms with E-state index in [1.165, 1.54) is 4.90 Å². The molecule has 0 saturated heterocycles. The molecule has 8 heteroatoms. The third-order valence-electron chi connectivity index (χ3n) is 3.10. The van der Waals surface area contributed by atoms with E-state index in [1.807, 2.05) is 6.92 Å². The van der Waals surface area contributed by atoms with Crippen molar-refractivity contribution in [2.45, 2.75) is 13.3 Å². The van der Waals surface area contributed by atoms with Gasteiger partial charge in [-0.05, 0) is 20.4 Å². The first-order chi connectivity index (χ1) is 10.9. The summed E-state index contributed by atoms with van der Waals surface area (Å²) in [4.78, 5) is 19.7. The van der Waals surface area contributed by atoms with Crippen molar-refractivity contribution < 1.29 is 9.53 Å². The molecule has 0 bridgehead atoms. The van der Waals surface area contributed by atoms with Crippen LogP contribution in [-0.4, -0.2) is 89.3 Å². The molecule has 0 rings (SSSR count). The Bertz CT molecular complexity index is 389. The predicted octanol–water partition coefficient (Wildman–Crippen LogP) is 0.772. The fourth-order valence-electron chi connectivity index (χ4n) is 1.65. The van der Waals surface area contributed by atoms with E-state index in [0.717, 1.165) is 38.2 Å². The van der Waals surface area contributed by atoms with Crippen molar-refractivity contribution >= 4 is 35.8 Å². The van der Waals surface area contributed by atoms with Crippen molar-refractivity contribution in [1.29, 1.82) is 0 Å². The molecule has 0 aliphatic heterocycles. The quantitative estimate of drug-likeness (QED) is 0.158. The molecule has 2 N–H and O–H groups in total. The molecule has 0 aromatic carbocycles. The zero-order chi connectivity index (χ0) is 17.7. The molecular formula is C16H34IN5O2. The summed E-state index contributed by atoms with van der Waals surface area (Å²) in [6.45, 7) is 9.96. The van der Waals surface area contributed by atoms with Crippen LogP contribution in [-0.2, 0) is 9.53 Å². The summed E-state index contributed by atoms with van der Waals surface area (Å²) in [7, 11) is 7.24. The number of nitrogens with zero attached hydrogens (tertiary/aromatic N) is 3. The molecule has 7 nitrogen and oxygen atoms in total. The van der Waals surface area contributed by atoms with Gasteiger partial charge in [0.05, 0.1) is 0 Å². The number of methoxy groups -OCH3 is 1. The number of ether oxygens (including phenoxy) is 1. The highest BCUT2D eigenvalue weighted by molar-refractivity contribution is 14.0. The molecule has 0 unspecified atom stereocenters. The number of halogens is 1. The van der Waals surface area contributed by atoms with E-state index < -0.39 is 0 Å². The molecule has 0 aliphatic rings. The van der Waals surface area contributed by atoms with Crippen LogP contribution in [0, 0.1) is 0 Å². The van der Waals surface area contributed by atoms with Gasteiger partial charge in [-0.25, -0.2) is 4.99 Å². The Hall–Kier alpha value is -0.870. The number of rotatable bonds is 11. The highest BCUT2D eigenvalue weighted by atomic mass is 127. The Kier molecular flexibility index (Phi) is 16.5. The summed E-state index contributed by atoms with van der Waals surface area (Å²) >= 11 is 0. The molecule has 0 spiro atoms. The highest BCUT2D eigenvalue weighted by Gasteiger charge is 2.05. The number of guanidine groups is 1. The minimum absolute atomic E-state index is 0. The maximum atomic E-state index is 11.6. The second-order valence-corrected chi connectivity index (χ2v) is 5.84. The molecule has 24 heavy (non-hydrogen) atoms. The van der Waals surface area contributed by atoms with E-state index in [2.05, 4.69) is 34.2 Å². The first-order valence-corrected chi connectivity index (χ1v) is 7.91. The van der Waals surface area contributed by atoms with Gasteiger partial charge < -0.3 is 25.2 Å². The van der Waals surface area contributed by atoms with Gasteiger partial charge in [0.1, 0.15) is 6.54 Å². The Morgan fingerprint density at radius 3 is 2.42 bits per heavy atom. The van der Waals surface area contributed by atoms with Crippen molar-refractivity contribution in [2.75, 3.05) is 67.6 Å². The van der Waals surface area contributed by atoms with Crippen LogP contribution >= 0.6 is 24.0 Å². The molecular weight excluding hydrogens is 421 g/mol. The lowest BCUT2D eigenvalue weighted by atomic mass is 10.3. The largest absolute Gasteiger partial charge is 0.385 e. The van der Waals surface area contributed by atoms with Crippen molar-refractivity contribution in [3.8, 4) is 0 Å². The van der Waals surface area contributed by atoms with Crippen molar-refractivity contribution in [1.82, 2.24) is 20.4 Å². The molecule has 0 fully saturated rings. The van der Waals surface area contributed by atoms with E-state index in [1.54, 1.807) is 21.2 Å². The summed E-state index contributed by atoms with van der Waals surface area (Å²) in [6.07, 6.45) is 1.01. The number of aliphatic imine (C=N–C) groups is 1. The maximum Gasteiger partial charge on any atom is 0.243 e. The standard InChI is InChI=1S/C16H33N5O2.HI/c1-14(2)12-18-16(19-13-15(22)20(3)4)17-8-10-21(5)9-7-11-23-6;/h1,7-13H2,2-6H3,(H2,17,18,19);1H. The summed E-state index contributed by atoms with van der Waals surface area (Å²) < 4.78 is 5.05. The number of hydrogen-bond donors (Lipinski definition) is 2. The number of carbonyl (C=O) groups excluding carboxylic acids is 1. The van der Waals surface area contributed by atoms with Gasteiger partial charge in [0.25, 0.3) is 0 Å². The van der Waals surface area contributed by atoms with Gasteiger partial charge in [0.2, 0.25) is 5.91 Å². The van der Waals surface area contributed by atoms with Gasteiger partial charge in [0.15, 0.2) is 5.96 Å². The minimum atomic E-state index is -0.0295. The van der Waals surface area contributed by atoms with Crippen LogP contribution in [0.25, 0.3) is 0 Å². The van der Waals surface area contributed by atoms with Crippen LogP contribution in [0.3, 0.4) is 0 Å². The Labute approximate surface area is 163 Å². The Morgan fingerprint density at radius 1 is 1.21 bits per heavy atom. The third-order valence-corrected chi connectivity index (χ3v) is 3.10. The van der Waals surface area contributed by atoms with E-state index in [4.69, 9.17) is 4.74 Å². The fourth-order valence-corrected chi connectivity index (χ4v) is 1.65. The Balaban J connectivity index is 0. The lowest BCUT2D eigenvalue weighted by Crippen LogP contribution is -2.42. The van der Waals surface area contributed by atoms with Crippen LogP contribution in [0.5, 0.6) is 0 Å². The molecule has 0 atom stereocenters. The Morgan fingerprint density at radius 2 is 1.88 bits per heavy atom. The molecule has 0 radical (unpaired) electrons. The van der Waals surface area contributed by atoms with Gasteiger partial charge in [-0.3, -0.25) is 4.79 Å². The van der Waals surface area contributed by atoms with Gasteiger partial charge in [-0.1, -0.05) is 12.2 Å². The molecule has 142 valence electrons. The summed E-state index contributed by atoms with van der Waals surface area (Å²) in [6, 6.07) is 0. The fraction of sp³-hybridized carbons (Fsp3) is 0.750. The van der Waals surface area contributed by atoms with Crippen molar-refractivity contribution in [3.63, 3.8) is 0 Å². The first-order valence-electron chi connectivity index (χ1n) is 7.91. The molecule has 1 amide bonds. The topological polar surface area (TPSA) is 69.2 Å². The second-order valence-electron chi connectivity index (χ2n) is 5.84. The van der Waals surface area contributed by atoms with Crippen LogP contribution in [0.1, 0.15) is 13.3 Å².